The zero-order valence-electron chi connectivity index (χ0n) is 12.2. The number of methoxy groups -OCH3 is 1. The van der Waals surface area contributed by atoms with Crippen molar-refractivity contribution in [2.24, 2.45) is 0 Å². The smallest absolute Gasteiger partial charge is 0.275 e. The number of H-pyrrole nitrogens is 1. The molecule has 1 amide bonds. The number of nitrogens with zero attached hydrogens (tertiary/aromatic N) is 3. The van der Waals surface area contributed by atoms with Crippen molar-refractivity contribution in [1.29, 1.82) is 0 Å². The van der Waals surface area contributed by atoms with Crippen LogP contribution >= 0.6 is 0 Å². The summed E-state index contributed by atoms with van der Waals surface area (Å²) in [5.41, 5.74) is 1.35. The van der Waals surface area contributed by atoms with Crippen LogP contribution in [0.4, 0.5) is 0 Å². The quantitative estimate of drug-likeness (QED) is 0.898. The van der Waals surface area contributed by atoms with Crippen LogP contribution in [0.2, 0.25) is 0 Å². The van der Waals surface area contributed by atoms with Crippen molar-refractivity contribution < 1.29 is 9.53 Å². The Kier molecular flexibility index (Phi) is 2.68. The first-order valence-corrected chi connectivity index (χ1v) is 7.20. The number of fused-ring (bicyclic) bond motifs is 3. The van der Waals surface area contributed by atoms with Crippen molar-refractivity contribution in [3.63, 3.8) is 0 Å². The molecule has 1 N–H and O–H groups in total. The number of carbonyl (C=O) groups excluding carboxylic acids is 1. The number of amides is 1. The molecule has 21 heavy (non-hydrogen) atoms. The van der Waals surface area contributed by atoms with Gasteiger partial charge in [-0.1, -0.05) is 0 Å². The molecule has 6 nitrogen and oxygen atoms in total. The largest absolute Gasteiger partial charge is 0.497 e. The molecule has 0 radical (unpaired) electrons. The van der Waals surface area contributed by atoms with Crippen LogP contribution in [-0.4, -0.2) is 65.2 Å². The first-order chi connectivity index (χ1) is 10.2. The minimum absolute atomic E-state index is 0.0343. The molecule has 2 aromatic rings. The Hall–Kier alpha value is -2.08. The maximum atomic E-state index is 12.8. The highest BCUT2D eigenvalue weighted by atomic mass is 16.5. The number of aromatic nitrogens is 2. The highest BCUT2D eigenvalue weighted by Gasteiger charge is 2.44. The monoisotopic (exact) mass is 286 g/mol. The predicted octanol–water partition coefficient (Wildman–Crippen LogP) is 1.10. The molecule has 3 heterocycles. The Morgan fingerprint density at radius 1 is 1.38 bits per heavy atom. The lowest BCUT2D eigenvalue weighted by Gasteiger charge is -2.31. The lowest BCUT2D eigenvalue weighted by Crippen LogP contribution is -2.47. The molecular formula is C15H18N4O2. The maximum Gasteiger partial charge on any atom is 0.275 e. The second kappa shape index (κ2) is 4.46. The molecule has 2 unspecified atom stereocenters. The van der Waals surface area contributed by atoms with Gasteiger partial charge in [-0.15, -0.1) is 0 Å². The number of nitrogens with one attached hydrogen (secondary N) is 1. The number of aromatic amines is 1. The van der Waals surface area contributed by atoms with Gasteiger partial charge in [0.05, 0.1) is 12.6 Å². The van der Waals surface area contributed by atoms with Gasteiger partial charge in [0.15, 0.2) is 5.69 Å². The van der Waals surface area contributed by atoms with E-state index in [0.717, 1.165) is 36.2 Å². The number of likely N-dealkylation sites (tertiary alicyclic amines) is 2. The maximum absolute atomic E-state index is 12.8. The molecule has 0 spiro atoms. The molecule has 2 saturated heterocycles. The fraction of sp³-hybridized carbons (Fsp3) is 0.467. The van der Waals surface area contributed by atoms with Crippen molar-refractivity contribution in [2.75, 3.05) is 27.2 Å². The van der Waals surface area contributed by atoms with E-state index >= 15 is 0 Å². The molecule has 2 aliphatic heterocycles. The molecule has 1 aromatic carbocycles. The van der Waals surface area contributed by atoms with Crippen molar-refractivity contribution >= 4 is 16.8 Å². The van der Waals surface area contributed by atoms with E-state index in [4.69, 9.17) is 4.74 Å². The minimum Gasteiger partial charge on any atom is -0.497 e. The average Bonchev–Trinajstić information content (AvgIpc) is 3.18. The van der Waals surface area contributed by atoms with Crippen LogP contribution in [0.1, 0.15) is 16.9 Å². The van der Waals surface area contributed by atoms with E-state index in [0.29, 0.717) is 17.8 Å². The Morgan fingerprint density at radius 2 is 2.24 bits per heavy atom. The number of piperazine rings is 1. The van der Waals surface area contributed by atoms with Gasteiger partial charge < -0.3 is 9.64 Å². The van der Waals surface area contributed by atoms with E-state index < -0.39 is 0 Å². The third kappa shape index (κ3) is 1.82. The minimum atomic E-state index is 0.0343. The van der Waals surface area contributed by atoms with Gasteiger partial charge in [-0.25, -0.2) is 0 Å². The summed E-state index contributed by atoms with van der Waals surface area (Å²) in [6.45, 7) is 1.77. The molecule has 0 saturated carbocycles. The molecule has 110 valence electrons. The topological polar surface area (TPSA) is 61.5 Å². The molecular weight excluding hydrogens is 268 g/mol. The summed E-state index contributed by atoms with van der Waals surface area (Å²) in [7, 11) is 3.75. The summed E-state index contributed by atoms with van der Waals surface area (Å²) in [5, 5.41) is 8.02. The summed E-state index contributed by atoms with van der Waals surface area (Å²) in [5.74, 6) is 0.791. The highest BCUT2D eigenvalue weighted by molar-refractivity contribution is 6.05. The summed E-state index contributed by atoms with van der Waals surface area (Å²) >= 11 is 0. The number of hydrogen-bond acceptors (Lipinski definition) is 4. The molecule has 6 heteroatoms. The van der Waals surface area contributed by atoms with Crippen LogP contribution < -0.4 is 4.74 Å². The Balaban J connectivity index is 1.66. The van der Waals surface area contributed by atoms with Crippen LogP contribution in [0.3, 0.4) is 0 Å². The number of hydrogen-bond donors (Lipinski definition) is 1. The van der Waals surface area contributed by atoms with E-state index in [1.54, 1.807) is 7.11 Å². The van der Waals surface area contributed by atoms with Crippen molar-refractivity contribution in [2.45, 2.75) is 18.5 Å². The SMILES string of the molecule is COc1ccc2c(C(=O)N3CC4CC3CN4C)n[nH]c2c1. The Morgan fingerprint density at radius 3 is 2.90 bits per heavy atom. The molecule has 4 rings (SSSR count). The van der Waals surface area contributed by atoms with Gasteiger partial charge in [-0.2, -0.15) is 5.10 Å². The molecule has 1 aromatic heterocycles. The first-order valence-electron chi connectivity index (χ1n) is 7.20. The second-order valence-electron chi connectivity index (χ2n) is 5.92. The van der Waals surface area contributed by atoms with Gasteiger partial charge in [-0.3, -0.25) is 14.8 Å². The Bertz CT molecular complexity index is 709. The second-order valence-corrected chi connectivity index (χ2v) is 5.92. The fourth-order valence-corrected chi connectivity index (χ4v) is 3.54. The molecule has 2 bridgehead atoms. The number of carbonyl (C=O) groups is 1. The zero-order chi connectivity index (χ0) is 14.6. The van der Waals surface area contributed by atoms with Crippen LogP contribution in [0.5, 0.6) is 5.75 Å². The first kappa shape index (κ1) is 12.6. The predicted molar refractivity (Wildman–Crippen MR) is 78.5 cm³/mol. The lowest BCUT2D eigenvalue weighted by molar-refractivity contribution is 0.0646. The zero-order valence-corrected chi connectivity index (χ0v) is 12.2. The van der Waals surface area contributed by atoms with Crippen molar-refractivity contribution in [1.82, 2.24) is 20.0 Å². The van der Waals surface area contributed by atoms with E-state index in [1.807, 2.05) is 23.1 Å². The highest BCUT2D eigenvalue weighted by Crippen LogP contribution is 2.31. The van der Waals surface area contributed by atoms with Gasteiger partial charge in [0.25, 0.3) is 5.91 Å². The van der Waals surface area contributed by atoms with Crippen LogP contribution in [0.15, 0.2) is 18.2 Å². The summed E-state index contributed by atoms with van der Waals surface area (Å²) < 4.78 is 5.20. The van der Waals surface area contributed by atoms with Crippen molar-refractivity contribution in [3.8, 4) is 5.75 Å². The van der Waals surface area contributed by atoms with Crippen LogP contribution in [0.25, 0.3) is 10.9 Å². The Labute approximate surface area is 122 Å². The van der Waals surface area contributed by atoms with E-state index in [-0.39, 0.29) is 5.91 Å². The van der Waals surface area contributed by atoms with Crippen molar-refractivity contribution in [3.05, 3.63) is 23.9 Å². The molecule has 0 aliphatic carbocycles. The van der Waals surface area contributed by atoms with Gasteiger partial charge in [0, 0.05) is 36.6 Å². The number of rotatable bonds is 2. The third-order valence-corrected chi connectivity index (χ3v) is 4.75. The standard InChI is InChI=1S/C15H18N4O2/c1-18-7-10-5-9(18)8-19(10)15(20)14-12-4-3-11(21-2)6-13(12)16-17-14/h3-4,6,9-10H,5,7-8H2,1-2H3,(H,16,17). The summed E-state index contributed by atoms with van der Waals surface area (Å²) in [4.78, 5) is 17.1. The van der Waals surface area contributed by atoms with Crippen LogP contribution in [0, 0.1) is 0 Å². The normalized spacial score (nSPS) is 25.0. The van der Waals surface area contributed by atoms with Gasteiger partial charge in [0.1, 0.15) is 5.75 Å². The summed E-state index contributed by atoms with van der Waals surface area (Å²) in [6, 6.07) is 6.45. The lowest BCUT2D eigenvalue weighted by atomic mass is 10.1. The van der Waals surface area contributed by atoms with Crippen LogP contribution in [-0.2, 0) is 0 Å². The number of benzene rings is 1. The molecule has 2 atom stereocenters. The average molecular weight is 286 g/mol. The van der Waals surface area contributed by atoms with E-state index in [9.17, 15) is 4.79 Å². The number of ether oxygens (including phenoxy) is 1. The van der Waals surface area contributed by atoms with E-state index in [2.05, 4.69) is 22.1 Å². The fourth-order valence-electron chi connectivity index (χ4n) is 3.54. The van der Waals surface area contributed by atoms with Gasteiger partial charge in [-0.05, 0) is 25.6 Å². The van der Waals surface area contributed by atoms with E-state index in [1.165, 1.54) is 0 Å². The molecule has 2 fully saturated rings. The molecule has 2 aliphatic rings. The van der Waals surface area contributed by atoms with Gasteiger partial charge >= 0.3 is 0 Å². The number of likely N-dealkylation sites (N-methyl/N-ethyl adjacent to an activating group) is 1. The van der Waals surface area contributed by atoms with Gasteiger partial charge in [0.2, 0.25) is 0 Å². The summed E-state index contributed by atoms with van der Waals surface area (Å²) in [6.07, 6.45) is 1.08. The third-order valence-electron chi connectivity index (χ3n) is 4.75.